The minimum absolute atomic E-state index is 0.0968. The van der Waals surface area contributed by atoms with Gasteiger partial charge in [0.2, 0.25) is 5.16 Å². The predicted molar refractivity (Wildman–Crippen MR) is 125 cm³/mol. The molecule has 160 valence electrons. The minimum Gasteiger partial charge on any atom is -0.313 e. The lowest BCUT2D eigenvalue weighted by Crippen LogP contribution is -2.39. The molecule has 3 aromatic rings. The van der Waals surface area contributed by atoms with E-state index in [0.29, 0.717) is 16.1 Å². The molecule has 1 N–H and O–H groups in total. The maximum Gasteiger partial charge on any atom is 0.210 e. The Bertz CT molecular complexity index is 1070. The summed E-state index contributed by atoms with van der Waals surface area (Å²) in [6, 6.07) is 15.7. The fourth-order valence-corrected chi connectivity index (χ4v) is 5.93. The quantitative estimate of drug-likeness (QED) is 0.497. The van der Waals surface area contributed by atoms with Crippen molar-refractivity contribution in [3.63, 3.8) is 0 Å². The molecule has 1 fully saturated rings. The number of thioether (sulfide) groups is 1. The van der Waals surface area contributed by atoms with E-state index in [4.69, 9.17) is 11.6 Å². The zero-order valence-electron chi connectivity index (χ0n) is 17.4. The summed E-state index contributed by atoms with van der Waals surface area (Å²) < 4.78 is 1.86. The van der Waals surface area contributed by atoms with Crippen molar-refractivity contribution >= 4 is 29.1 Å². The van der Waals surface area contributed by atoms with E-state index < -0.39 is 0 Å². The summed E-state index contributed by atoms with van der Waals surface area (Å²) in [4.78, 5) is 13.6. The number of nitrogens with one attached hydrogen (secondary N) is 1. The first-order chi connectivity index (χ1) is 15.1. The fourth-order valence-electron chi connectivity index (χ4n) is 4.60. The third-order valence-electron chi connectivity index (χ3n) is 6.36. The molecule has 5 nitrogen and oxygen atoms in total. The normalized spacial score (nSPS) is 21.4. The topological polar surface area (TPSA) is 59.8 Å². The van der Waals surface area contributed by atoms with Gasteiger partial charge < -0.3 is 5.43 Å². The van der Waals surface area contributed by atoms with Gasteiger partial charge >= 0.3 is 0 Å². The zero-order valence-corrected chi connectivity index (χ0v) is 19.0. The molecule has 2 aliphatic rings. The van der Waals surface area contributed by atoms with E-state index in [1.54, 1.807) is 0 Å². The number of benzene rings is 2. The molecular formula is C24H25ClN4OS. The third kappa shape index (κ3) is 4.11. The van der Waals surface area contributed by atoms with Gasteiger partial charge in [-0.05, 0) is 48.9 Å². The van der Waals surface area contributed by atoms with E-state index in [1.165, 1.54) is 49.4 Å². The molecule has 0 spiro atoms. The number of rotatable bonds is 4. The van der Waals surface area contributed by atoms with Crippen molar-refractivity contribution in [2.45, 2.75) is 61.4 Å². The number of hydrogen-bond donors (Lipinski definition) is 1. The van der Waals surface area contributed by atoms with E-state index in [2.05, 4.69) is 27.8 Å². The lowest BCUT2D eigenvalue weighted by molar-refractivity contribution is 0.0980. The molecule has 2 unspecified atom stereocenters. The summed E-state index contributed by atoms with van der Waals surface area (Å²) in [5, 5.41) is 9.44. The minimum atomic E-state index is -0.349. The second-order valence-electron chi connectivity index (χ2n) is 8.38. The Balaban J connectivity index is 1.44. The van der Waals surface area contributed by atoms with Crippen LogP contribution in [0, 0.1) is 6.92 Å². The van der Waals surface area contributed by atoms with Crippen molar-refractivity contribution in [2.75, 3.05) is 5.43 Å². The van der Waals surface area contributed by atoms with Crippen molar-refractivity contribution in [1.82, 2.24) is 14.9 Å². The standard InChI is InChI=1S/C24H25ClN4OS/c1-15-26-27-24-29(15)28-21(18-11-13-20(25)14-12-18)23(31-24)22(30)19-9-7-17(8-10-19)16-5-3-2-4-6-16/h7-14,16,21,23,28H,2-6H2,1H3. The molecule has 0 bridgehead atoms. The SMILES string of the molecule is Cc1nnc2n1NC(c1ccc(Cl)cc1)C(C(=O)c1ccc(C3CCCCC3)cc1)S2. The lowest BCUT2D eigenvalue weighted by atomic mass is 9.83. The second kappa shape index (κ2) is 8.67. The highest BCUT2D eigenvalue weighted by molar-refractivity contribution is 8.00. The first-order valence-electron chi connectivity index (χ1n) is 10.8. The van der Waals surface area contributed by atoms with Gasteiger partial charge in [-0.25, -0.2) is 4.68 Å². The van der Waals surface area contributed by atoms with Crippen molar-refractivity contribution in [3.8, 4) is 0 Å². The third-order valence-corrected chi connectivity index (χ3v) is 7.82. The fraction of sp³-hybridized carbons (Fsp3) is 0.375. The zero-order chi connectivity index (χ0) is 21.4. The summed E-state index contributed by atoms with van der Waals surface area (Å²) in [6.07, 6.45) is 6.46. The van der Waals surface area contributed by atoms with Crippen LogP contribution in [0.4, 0.5) is 0 Å². The summed E-state index contributed by atoms with van der Waals surface area (Å²) in [6.45, 7) is 1.90. The first kappa shape index (κ1) is 20.6. The number of aryl methyl sites for hydroxylation is 1. The second-order valence-corrected chi connectivity index (χ2v) is 9.93. The molecule has 0 radical (unpaired) electrons. The van der Waals surface area contributed by atoms with E-state index in [-0.39, 0.29) is 17.1 Å². The van der Waals surface area contributed by atoms with Crippen LogP contribution in [0.5, 0.6) is 0 Å². The Kier molecular flexibility index (Phi) is 5.76. The summed E-state index contributed by atoms with van der Waals surface area (Å²) in [7, 11) is 0. The summed E-state index contributed by atoms with van der Waals surface area (Å²) in [5.74, 6) is 1.50. The maximum absolute atomic E-state index is 13.6. The van der Waals surface area contributed by atoms with Gasteiger partial charge in [0.25, 0.3) is 0 Å². The van der Waals surface area contributed by atoms with Crippen molar-refractivity contribution < 1.29 is 4.79 Å². The monoisotopic (exact) mass is 452 g/mol. The number of carbonyl (C=O) groups is 1. The number of ketones is 1. The number of Topliss-reactive ketones (excluding diaryl/α,β-unsaturated/α-hetero) is 1. The molecule has 31 heavy (non-hydrogen) atoms. The van der Waals surface area contributed by atoms with Gasteiger partial charge in [-0.3, -0.25) is 4.79 Å². The van der Waals surface area contributed by atoms with Crippen LogP contribution in [0.15, 0.2) is 53.7 Å². The molecule has 0 saturated heterocycles. The van der Waals surface area contributed by atoms with Crippen molar-refractivity contribution in [2.24, 2.45) is 0 Å². The van der Waals surface area contributed by atoms with Crippen LogP contribution in [-0.4, -0.2) is 25.9 Å². The van der Waals surface area contributed by atoms with Gasteiger partial charge in [0.05, 0.1) is 6.04 Å². The van der Waals surface area contributed by atoms with Crippen LogP contribution in [0.2, 0.25) is 5.02 Å². The molecule has 1 saturated carbocycles. The lowest BCUT2D eigenvalue weighted by Gasteiger charge is -2.33. The number of halogens is 1. The summed E-state index contributed by atoms with van der Waals surface area (Å²) in [5.41, 5.74) is 6.55. The number of aromatic nitrogens is 3. The molecule has 2 atom stereocenters. The van der Waals surface area contributed by atoms with Crippen LogP contribution in [0.25, 0.3) is 0 Å². The molecule has 2 heterocycles. The van der Waals surface area contributed by atoms with Crippen LogP contribution in [0.1, 0.15) is 71.4 Å². The van der Waals surface area contributed by atoms with Crippen LogP contribution in [-0.2, 0) is 0 Å². The smallest absolute Gasteiger partial charge is 0.210 e. The number of hydrogen-bond acceptors (Lipinski definition) is 5. The molecule has 0 amide bonds. The average Bonchev–Trinajstić information content (AvgIpc) is 3.19. The van der Waals surface area contributed by atoms with Gasteiger partial charge in [0.1, 0.15) is 11.1 Å². The van der Waals surface area contributed by atoms with Gasteiger partial charge in [-0.15, -0.1) is 10.2 Å². The van der Waals surface area contributed by atoms with Gasteiger partial charge in [-0.1, -0.05) is 79.0 Å². The predicted octanol–water partition coefficient (Wildman–Crippen LogP) is 5.93. The molecule has 2 aromatic carbocycles. The van der Waals surface area contributed by atoms with Crippen LogP contribution in [0.3, 0.4) is 0 Å². The average molecular weight is 453 g/mol. The highest BCUT2D eigenvalue weighted by Gasteiger charge is 2.37. The largest absolute Gasteiger partial charge is 0.313 e. The highest BCUT2D eigenvalue weighted by Crippen LogP contribution is 2.39. The van der Waals surface area contributed by atoms with Gasteiger partial charge in [0, 0.05) is 10.6 Å². The Morgan fingerprint density at radius 1 is 1.00 bits per heavy atom. The Labute approximate surface area is 191 Å². The molecule has 5 rings (SSSR count). The number of nitrogens with zero attached hydrogens (tertiary/aromatic N) is 3. The van der Waals surface area contributed by atoms with Crippen LogP contribution < -0.4 is 5.43 Å². The molecular weight excluding hydrogens is 428 g/mol. The molecule has 1 aromatic heterocycles. The Morgan fingerprint density at radius 3 is 2.39 bits per heavy atom. The highest BCUT2D eigenvalue weighted by atomic mass is 35.5. The van der Waals surface area contributed by atoms with E-state index in [1.807, 2.05) is 48.0 Å². The molecule has 1 aliphatic heterocycles. The van der Waals surface area contributed by atoms with Crippen LogP contribution >= 0.6 is 23.4 Å². The number of fused-ring (bicyclic) bond motifs is 1. The number of carbonyl (C=O) groups excluding carboxylic acids is 1. The van der Waals surface area contributed by atoms with Gasteiger partial charge in [0.15, 0.2) is 5.78 Å². The summed E-state index contributed by atoms with van der Waals surface area (Å²) >= 11 is 7.56. The van der Waals surface area contributed by atoms with Crippen molar-refractivity contribution in [1.29, 1.82) is 0 Å². The first-order valence-corrected chi connectivity index (χ1v) is 12.1. The maximum atomic E-state index is 13.6. The van der Waals surface area contributed by atoms with Gasteiger partial charge in [-0.2, -0.15) is 0 Å². The molecule has 1 aliphatic carbocycles. The van der Waals surface area contributed by atoms with E-state index in [9.17, 15) is 4.79 Å². The Hall–Kier alpha value is -2.31. The molecule has 7 heteroatoms. The Morgan fingerprint density at radius 2 is 1.68 bits per heavy atom. The van der Waals surface area contributed by atoms with E-state index >= 15 is 0 Å². The van der Waals surface area contributed by atoms with E-state index in [0.717, 1.165) is 17.0 Å². The van der Waals surface area contributed by atoms with Crippen molar-refractivity contribution in [3.05, 3.63) is 76.1 Å².